The predicted molar refractivity (Wildman–Crippen MR) is 71.8 cm³/mol. The van der Waals surface area contributed by atoms with E-state index in [1.54, 1.807) is 0 Å². The molecule has 1 aliphatic heterocycles. The zero-order valence-corrected chi connectivity index (χ0v) is 12.0. The van der Waals surface area contributed by atoms with Gasteiger partial charge in [0.15, 0.2) is 0 Å². The number of amides is 1. The summed E-state index contributed by atoms with van der Waals surface area (Å²) in [5.41, 5.74) is 0. The van der Waals surface area contributed by atoms with Gasteiger partial charge in [-0.2, -0.15) is 0 Å². The first kappa shape index (κ1) is 14.5. The van der Waals surface area contributed by atoms with E-state index in [0.717, 1.165) is 19.6 Å². The molecule has 1 amide bonds. The van der Waals surface area contributed by atoms with Crippen LogP contribution in [0.2, 0.25) is 0 Å². The van der Waals surface area contributed by atoms with Gasteiger partial charge < -0.3 is 5.32 Å². The van der Waals surface area contributed by atoms with Crippen LogP contribution in [0.15, 0.2) is 0 Å². The fourth-order valence-corrected chi connectivity index (χ4v) is 2.65. The SMILES string of the molecule is CC(C)CNC(=O)C(C)N1CC(C)CC(C)C1. The monoisotopic (exact) mass is 240 g/mol. The summed E-state index contributed by atoms with van der Waals surface area (Å²) in [7, 11) is 0. The van der Waals surface area contributed by atoms with Crippen LogP contribution in [0.1, 0.15) is 41.0 Å². The van der Waals surface area contributed by atoms with Crippen LogP contribution in [-0.4, -0.2) is 36.5 Å². The Hall–Kier alpha value is -0.570. The molecule has 1 N–H and O–H groups in total. The van der Waals surface area contributed by atoms with Crippen LogP contribution >= 0.6 is 0 Å². The van der Waals surface area contributed by atoms with Crippen LogP contribution in [0, 0.1) is 17.8 Å². The highest BCUT2D eigenvalue weighted by Gasteiger charge is 2.28. The maximum Gasteiger partial charge on any atom is 0.237 e. The summed E-state index contributed by atoms with van der Waals surface area (Å²) in [6, 6.07) is 0.0129. The average molecular weight is 240 g/mol. The first-order chi connectivity index (χ1) is 7.90. The van der Waals surface area contributed by atoms with Crippen molar-refractivity contribution >= 4 is 5.91 Å². The molecular formula is C14H28N2O. The maximum absolute atomic E-state index is 12.0. The van der Waals surface area contributed by atoms with E-state index in [9.17, 15) is 4.79 Å². The number of likely N-dealkylation sites (tertiary alicyclic amines) is 1. The van der Waals surface area contributed by atoms with Crippen LogP contribution in [0.4, 0.5) is 0 Å². The molecule has 0 aromatic heterocycles. The van der Waals surface area contributed by atoms with Gasteiger partial charge >= 0.3 is 0 Å². The number of hydrogen-bond acceptors (Lipinski definition) is 2. The van der Waals surface area contributed by atoms with E-state index < -0.39 is 0 Å². The molecule has 1 fully saturated rings. The first-order valence-electron chi connectivity index (χ1n) is 6.91. The Bertz CT molecular complexity index is 243. The Kier molecular flexibility index (Phi) is 5.44. The molecule has 0 saturated carbocycles. The molecule has 1 aliphatic rings. The lowest BCUT2D eigenvalue weighted by molar-refractivity contribution is -0.127. The number of carbonyl (C=O) groups excluding carboxylic acids is 1. The van der Waals surface area contributed by atoms with Gasteiger partial charge in [0.25, 0.3) is 0 Å². The third-order valence-corrected chi connectivity index (χ3v) is 3.51. The van der Waals surface area contributed by atoms with Crippen LogP contribution in [0.25, 0.3) is 0 Å². The van der Waals surface area contributed by atoms with E-state index in [0.29, 0.717) is 17.8 Å². The van der Waals surface area contributed by atoms with Gasteiger partial charge in [-0.25, -0.2) is 0 Å². The van der Waals surface area contributed by atoms with Crippen molar-refractivity contribution in [3.63, 3.8) is 0 Å². The predicted octanol–water partition coefficient (Wildman–Crippen LogP) is 2.12. The Morgan fingerprint density at radius 3 is 2.24 bits per heavy atom. The Morgan fingerprint density at radius 2 is 1.76 bits per heavy atom. The standard InChI is InChI=1S/C14H28N2O/c1-10(2)7-15-14(17)13(5)16-8-11(3)6-12(4)9-16/h10-13H,6-9H2,1-5H3,(H,15,17). The zero-order valence-electron chi connectivity index (χ0n) is 12.0. The van der Waals surface area contributed by atoms with Crippen molar-refractivity contribution in [1.29, 1.82) is 0 Å². The largest absolute Gasteiger partial charge is 0.354 e. The number of hydrogen-bond donors (Lipinski definition) is 1. The molecule has 0 spiro atoms. The summed E-state index contributed by atoms with van der Waals surface area (Å²) >= 11 is 0. The molecule has 3 heteroatoms. The highest BCUT2D eigenvalue weighted by molar-refractivity contribution is 5.81. The van der Waals surface area contributed by atoms with Crippen molar-refractivity contribution < 1.29 is 4.79 Å². The molecule has 3 unspecified atom stereocenters. The molecule has 1 heterocycles. The molecule has 0 bridgehead atoms. The second kappa shape index (κ2) is 6.39. The van der Waals surface area contributed by atoms with E-state index in [1.807, 2.05) is 6.92 Å². The second-order valence-corrected chi connectivity index (χ2v) is 6.21. The molecule has 0 aromatic carbocycles. The summed E-state index contributed by atoms with van der Waals surface area (Å²) in [6.07, 6.45) is 1.29. The molecule has 17 heavy (non-hydrogen) atoms. The summed E-state index contributed by atoms with van der Waals surface area (Å²) in [6.45, 7) is 13.7. The van der Waals surface area contributed by atoms with Crippen molar-refractivity contribution in [2.75, 3.05) is 19.6 Å². The van der Waals surface area contributed by atoms with Crippen molar-refractivity contribution in [1.82, 2.24) is 10.2 Å². The lowest BCUT2D eigenvalue weighted by atomic mass is 9.91. The third-order valence-electron chi connectivity index (χ3n) is 3.51. The van der Waals surface area contributed by atoms with Crippen LogP contribution in [0.3, 0.4) is 0 Å². The number of rotatable bonds is 4. The molecule has 1 saturated heterocycles. The molecule has 0 aromatic rings. The van der Waals surface area contributed by atoms with Crippen molar-refractivity contribution in [3.8, 4) is 0 Å². The highest BCUT2D eigenvalue weighted by Crippen LogP contribution is 2.22. The van der Waals surface area contributed by atoms with Gasteiger partial charge in [0, 0.05) is 19.6 Å². The van der Waals surface area contributed by atoms with Gasteiger partial charge in [-0.15, -0.1) is 0 Å². The molecule has 100 valence electrons. The van der Waals surface area contributed by atoms with Crippen molar-refractivity contribution in [3.05, 3.63) is 0 Å². The van der Waals surface area contributed by atoms with E-state index in [1.165, 1.54) is 6.42 Å². The van der Waals surface area contributed by atoms with Crippen LogP contribution < -0.4 is 5.32 Å². The average Bonchev–Trinajstić information content (AvgIpc) is 2.23. The van der Waals surface area contributed by atoms with Gasteiger partial charge in [0.2, 0.25) is 5.91 Å². The van der Waals surface area contributed by atoms with Crippen molar-refractivity contribution in [2.24, 2.45) is 17.8 Å². The molecule has 3 atom stereocenters. The van der Waals surface area contributed by atoms with E-state index in [-0.39, 0.29) is 11.9 Å². The van der Waals surface area contributed by atoms with Gasteiger partial charge in [-0.3, -0.25) is 9.69 Å². The van der Waals surface area contributed by atoms with Gasteiger partial charge in [0.1, 0.15) is 0 Å². The number of piperidine rings is 1. The molecule has 1 rings (SSSR count). The Balaban J connectivity index is 2.45. The van der Waals surface area contributed by atoms with Crippen LogP contribution in [-0.2, 0) is 4.79 Å². The quantitative estimate of drug-likeness (QED) is 0.816. The lowest BCUT2D eigenvalue weighted by Gasteiger charge is -2.38. The van der Waals surface area contributed by atoms with Gasteiger partial charge in [-0.1, -0.05) is 27.7 Å². The van der Waals surface area contributed by atoms with Gasteiger partial charge in [0.05, 0.1) is 6.04 Å². The molecule has 0 radical (unpaired) electrons. The lowest BCUT2D eigenvalue weighted by Crippen LogP contribution is -2.51. The topological polar surface area (TPSA) is 32.3 Å². The van der Waals surface area contributed by atoms with Crippen molar-refractivity contribution in [2.45, 2.75) is 47.1 Å². The summed E-state index contributed by atoms with van der Waals surface area (Å²) < 4.78 is 0. The maximum atomic E-state index is 12.0. The van der Waals surface area contributed by atoms with Crippen LogP contribution in [0.5, 0.6) is 0 Å². The number of carbonyl (C=O) groups is 1. The fraction of sp³-hybridized carbons (Fsp3) is 0.929. The minimum atomic E-state index is 0.0129. The third kappa shape index (κ3) is 4.66. The first-order valence-corrected chi connectivity index (χ1v) is 6.91. The van der Waals surface area contributed by atoms with E-state index in [2.05, 4.69) is 37.9 Å². The number of nitrogens with zero attached hydrogens (tertiary/aromatic N) is 1. The summed E-state index contributed by atoms with van der Waals surface area (Å²) in [5, 5.41) is 3.03. The normalized spacial score (nSPS) is 28.1. The molecule has 3 nitrogen and oxygen atoms in total. The summed E-state index contributed by atoms with van der Waals surface area (Å²) in [5.74, 6) is 2.11. The zero-order chi connectivity index (χ0) is 13.0. The van der Waals surface area contributed by atoms with Gasteiger partial charge in [-0.05, 0) is 31.1 Å². The summed E-state index contributed by atoms with van der Waals surface area (Å²) in [4.78, 5) is 14.3. The minimum Gasteiger partial charge on any atom is -0.354 e. The smallest absolute Gasteiger partial charge is 0.237 e. The highest BCUT2D eigenvalue weighted by atomic mass is 16.2. The Morgan fingerprint density at radius 1 is 1.24 bits per heavy atom. The Labute approximate surface area is 106 Å². The number of nitrogens with one attached hydrogen (secondary N) is 1. The van der Waals surface area contributed by atoms with E-state index in [4.69, 9.17) is 0 Å². The molecule has 0 aliphatic carbocycles. The second-order valence-electron chi connectivity index (χ2n) is 6.21. The fourth-order valence-electron chi connectivity index (χ4n) is 2.65. The van der Waals surface area contributed by atoms with E-state index >= 15 is 0 Å². The minimum absolute atomic E-state index is 0.0129. The molecular weight excluding hydrogens is 212 g/mol.